The molecule has 0 bridgehead atoms. The summed E-state index contributed by atoms with van der Waals surface area (Å²) in [5, 5.41) is 0.780. The first-order chi connectivity index (χ1) is 8.70. The third-order valence-corrected chi connectivity index (χ3v) is 4.18. The molecule has 1 saturated heterocycles. The molecule has 1 aromatic rings. The lowest BCUT2D eigenvalue weighted by Crippen LogP contribution is -2.34. The van der Waals surface area contributed by atoms with Gasteiger partial charge in [-0.05, 0) is 49.6 Å². The molecular formula is C15H23ClN2. The lowest BCUT2D eigenvalue weighted by atomic mass is 10.1. The molecule has 1 unspecified atom stereocenters. The average molecular weight is 267 g/mol. The van der Waals surface area contributed by atoms with Crippen LogP contribution in [0, 0.1) is 0 Å². The number of nitrogens with two attached hydrogens (primary N) is 1. The smallest absolute Gasteiger partial charge is 0.0410 e. The summed E-state index contributed by atoms with van der Waals surface area (Å²) in [5.74, 6) is 0. The van der Waals surface area contributed by atoms with Crippen LogP contribution in [0.1, 0.15) is 44.6 Å². The fraction of sp³-hybridized carbons (Fsp3) is 0.600. The molecule has 0 aliphatic carbocycles. The van der Waals surface area contributed by atoms with Gasteiger partial charge in [0.05, 0.1) is 0 Å². The predicted molar refractivity (Wildman–Crippen MR) is 78.8 cm³/mol. The summed E-state index contributed by atoms with van der Waals surface area (Å²) in [6.45, 7) is 4.40. The first kappa shape index (κ1) is 13.7. The van der Waals surface area contributed by atoms with E-state index in [0.29, 0.717) is 6.04 Å². The number of likely N-dealkylation sites (tertiary alicyclic amines) is 1. The number of nitrogens with zero attached hydrogens (tertiary/aromatic N) is 1. The van der Waals surface area contributed by atoms with Crippen LogP contribution in [0.3, 0.4) is 0 Å². The topological polar surface area (TPSA) is 29.3 Å². The van der Waals surface area contributed by atoms with E-state index in [9.17, 15) is 0 Å². The standard InChI is InChI=1S/C15H23ClN2/c1-2-14-6-4-3-5-9-18(14)11-12-10-13(16)7-8-15(12)17/h7-8,10,14H,2-6,9,11,17H2,1H3. The Labute approximate surface area is 115 Å². The molecule has 0 radical (unpaired) electrons. The molecule has 3 heteroatoms. The van der Waals surface area contributed by atoms with Crippen molar-refractivity contribution in [3.63, 3.8) is 0 Å². The number of hydrogen-bond donors (Lipinski definition) is 1. The third-order valence-electron chi connectivity index (χ3n) is 3.95. The van der Waals surface area contributed by atoms with Gasteiger partial charge in [-0.1, -0.05) is 31.4 Å². The van der Waals surface area contributed by atoms with E-state index in [1.54, 1.807) is 0 Å². The molecule has 1 aliphatic rings. The number of rotatable bonds is 3. The first-order valence-electron chi connectivity index (χ1n) is 6.98. The van der Waals surface area contributed by atoms with E-state index in [1.807, 2.05) is 18.2 Å². The molecule has 1 heterocycles. The predicted octanol–water partition coefficient (Wildman–Crippen LogP) is 4.08. The SMILES string of the molecule is CCC1CCCCCN1Cc1cc(Cl)ccc1N. The van der Waals surface area contributed by atoms with Crippen LogP contribution in [0.2, 0.25) is 5.02 Å². The summed E-state index contributed by atoms with van der Waals surface area (Å²) in [5.41, 5.74) is 8.08. The van der Waals surface area contributed by atoms with Crippen LogP contribution in [-0.2, 0) is 6.54 Å². The minimum Gasteiger partial charge on any atom is -0.398 e. The second kappa shape index (κ2) is 6.44. The van der Waals surface area contributed by atoms with Gasteiger partial charge < -0.3 is 5.73 Å². The minimum absolute atomic E-state index is 0.700. The number of hydrogen-bond acceptors (Lipinski definition) is 2. The molecule has 0 saturated carbocycles. The van der Waals surface area contributed by atoms with Crippen molar-refractivity contribution < 1.29 is 0 Å². The van der Waals surface area contributed by atoms with Gasteiger partial charge in [0.2, 0.25) is 0 Å². The maximum absolute atomic E-state index is 6.06. The van der Waals surface area contributed by atoms with E-state index < -0.39 is 0 Å². The van der Waals surface area contributed by atoms with Gasteiger partial charge in [0, 0.05) is 23.3 Å². The number of halogens is 1. The zero-order valence-electron chi connectivity index (χ0n) is 11.2. The fourth-order valence-electron chi connectivity index (χ4n) is 2.84. The number of anilines is 1. The summed E-state index contributed by atoms with van der Waals surface area (Å²) in [7, 11) is 0. The van der Waals surface area contributed by atoms with Gasteiger partial charge in [0.1, 0.15) is 0 Å². The van der Waals surface area contributed by atoms with Gasteiger partial charge in [-0.15, -0.1) is 0 Å². The minimum atomic E-state index is 0.700. The highest BCUT2D eigenvalue weighted by atomic mass is 35.5. The zero-order valence-corrected chi connectivity index (χ0v) is 11.9. The Morgan fingerprint density at radius 3 is 2.94 bits per heavy atom. The summed E-state index contributed by atoms with van der Waals surface area (Å²) in [6.07, 6.45) is 6.56. The van der Waals surface area contributed by atoms with Gasteiger partial charge in [0.25, 0.3) is 0 Å². The second-order valence-electron chi connectivity index (χ2n) is 5.23. The van der Waals surface area contributed by atoms with Crippen molar-refractivity contribution >= 4 is 17.3 Å². The van der Waals surface area contributed by atoms with E-state index in [0.717, 1.165) is 17.3 Å². The highest BCUT2D eigenvalue weighted by Gasteiger charge is 2.20. The van der Waals surface area contributed by atoms with Crippen LogP contribution < -0.4 is 5.73 Å². The van der Waals surface area contributed by atoms with E-state index in [2.05, 4.69) is 11.8 Å². The Bertz CT molecular complexity index is 392. The molecular weight excluding hydrogens is 244 g/mol. The van der Waals surface area contributed by atoms with E-state index in [4.69, 9.17) is 17.3 Å². The van der Waals surface area contributed by atoms with Crippen molar-refractivity contribution in [2.24, 2.45) is 0 Å². The van der Waals surface area contributed by atoms with Crippen molar-refractivity contribution in [1.82, 2.24) is 4.90 Å². The number of nitrogen functional groups attached to an aromatic ring is 1. The van der Waals surface area contributed by atoms with Gasteiger partial charge in [-0.3, -0.25) is 4.90 Å². The van der Waals surface area contributed by atoms with Crippen molar-refractivity contribution in [2.45, 2.75) is 51.6 Å². The molecule has 2 nitrogen and oxygen atoms in total. The van der Waals surface area contributed by atoms with E-state index in [-0.39, 0.29) is 0 Å². The van der Waals surface area contributed by atoms with Gasteiger partial charge in [-0.2, -0.15) is 0 Å². The maximum Gasteiger partial charge on any atom is 0.0410 e. The maximum atomic E-state index is 6.06. The summed E-state index contributed by atoms with van der Waals surface area (Å²) >= 11 is 6.06. The Balaban J connectivity index is 2.12. The average Bonchev–Trinajstić information content (AvgIpc) is 2.59. The Hall–Kier alpha value is -0.730. The Morgan fingerprint density at radius 2 is 2.17 bits per heavy atom. The normalized spacial score (nSPS) is 21.8. The highest BCUT2D eigenvalue weighted by Crippen LogP contribution is 2.25. The van der Waals surface area contributed by atoms with Gasteiger partial charge >= 0.3 is 0 Å². The largest absolute Gasteiger partial charge is 0.398 e. The Kier molecular flexibility index (Phi) is 4.90. The molecule has 2 rings (SSSR count). The fourth-order valence-corrected chi connectivity index (χ4v) is 3.03. The van der Waals surface area contributed by atoms with Gasteiger partial charge in [-0.25, -0.2) is 0 Å². The summed E-state index contributed by atoms with van der Waals surface area (Å²) in [4.78, 5) is 2.58. The molecule has 1 fully saturated rings. The molecule has 1 aromatic carbocycles. The van der Waals surface area contributed by atoms with Crippen LogP contribution in [0.5, 0.6) is 0 Å². The molecule has 0 spiro atoms. The summed E-state index contributed by atoms with van der Waals surface area (Å²) in [6, 6.07) is 6.48. The molecule has 18 heavy (non-hydrogen) atoms. The van der Waals surface area contributed by atoms with Crippen LogP contribution in [0.15, 0.2) is 18.2 Å². The monoisotopic (exact) mass is 266 g/mol. The zero-order chi connectivity index (χ0) is 13.0. The van der Waals surface area contributed by atoms with Crippen LogP contribution in [0.4, 0.5) is 5.69 Å². The molecule has 2 N–H and O–H groups in total. The van der Waals surface area contributed by atoms with Crippen molar-refractivity contribution in [1.29, 1.82) is 0 Å². The van der Waals surface area contributed by atoms with Crippen LogP contribution in [0.25, 0.3) is 0 Å². The quantitative estimate of drug-likeness (QED) is 0.836. The lowest BCUT2D eigenvalue weighted by molar-refractivity contribution is 0.186. The molecule has 1 atom stereocenters. The van der Waals surface area contributed by atoms with Crippen molar-refractivity contribution in [3.05, 3.63) is 28.8 Å². The molecule has 0 aromatic heterocycles. The molecule has 0 amide bonds. The Morgan fingerprint density at radius 1 is 1.33 bits per heavy atom. The van der Waals surface area contributed by atoms with E-state index in [1.165, 1.54) is 44.2 Å². The highest BCUT2D eigenvalue weighted by molar-refractivity contribution is 6.30. The van der Waals surface area contributed by atoms with Crippen molar-refractivity contribution in [3.8, 4) is 0 Å². The first-order valence-corrected chi connectivity index (χ1v) is 7.36. The second-order valence-corrected chi connectivity index (χ2v) is 5.66. The van der Waals surface area contributed by atoms with Crippen LogP contribution in [-0.4, -0.2) is 17.5 Å². The molecule has 100 valence electrons. The number of benzene rings is 1. The van der Waals surface area contributed by atoms with Crippen molar-refractivity contribution in [2.75, 3.05) is 12.3 Å². The van der Waals surface area contributed by atoms with E-state index >= 15 is 0 Å². The third kappa shape index (κ3) is 3.39. The van der Waals surface area contributed by atoms with Crippen LogP contribution >= 0.6 is 11.6 Å². The molecule has 1 aliphatic heterocycles. The summed E-state index contributed by atoms with van der Waals surface area (Å²) < 4.78 is 0. The van der Waals surface area contributed by atoms with Gasteiger partial charge in [0.15, 0.2) is 0 Å². The lowest BCUT2D eigenvalue weighted by Gasteiger charge is -2.29.